The maximum Gasteiger partial charge on any atom is 0.298 e. The summed E-state index contributed by atoms with van der Waals surface area (Å²) in [5.74, 6) is 0. The molecule has 0 heterocycles. The quantitative estimate of drug-likeness (QED) is 0.808. The molecule has 2 aromatic carbocycles. The molecule has 2 rings (SSSR count). The molecule has 0 aliphatic heterocycles. The number of rotatable bonds is 4. The van der Waals surface area contributed by atoms with Gasteiger partial charge in [0.2, 0.25) is 18.9 Å². The fourth-order valence-electron chi connectivity index (χ4n) is 1.82. The molecule has 0 radical (unpaired) electrons. The normalized spacial score (nSPS) is 13.0. The number of hydrogen-bond acceptors (Lipinski definition) is 5. The summed E-state index contributed by atoms with van der Waals surface area (Å²) in [7, 11) is -9.16. The lowest BCUT2D eigenvalue weighted by Gasteiger charge is -2.17. The lowest BCUT2D eigenvalue weighted by molar-refractivity contribution is 0.585. The van der Waals surface area contributed by atoms with Gasteiger partial charge in [-0.2, -0.15) is 0 Å². The maximum absolute atomic E-state index is 12.6. The molecule has 0 aromatic heterocycles. The van der Waals surface area contributed by atoms with Crippen LogP contribution < -0.4 is 0 Å². The molecule has 0 saturated carbocycles. The van der Waals surface area contributed by atoms with E-state index >= 15 is 0 Å². The highest BCUT2D eigenvalue weighted by Gasteiger charge is 2.46. The first-order chi connectivity index (χ1) is 10.5. The number of hydrogen-bond donors (Lipinski definition) is 1. The average Bonchev–Trinajstić information content (AvgIpc) is 2.47. The van der Waals surface area contributed by atoms with Crippen molar-refractivity contribution in [1.82, 2.24) is 0 Å². The van der Waals surface area contributed by atoms with Crippen LogP contribution in [0.25, 0.3) is 0 Å². The largest absolute Gasteiger partial charge is 0.343 e. The van der Waals surface area contributed by atoms with Crippen molar-refractivity contribution < 1.29 is 21.7 Å². The fraction of sp³-hybridized carbons (Fsp3) is 0.143. The van der Waals surface area contributed by atoms with Crippen molar-refractivity contribution in [3.8, 4) is 0 Å². The lowest BCUT2D eigenvalue weighted by Crippen LogP contribution is -2.11. The smallest absolute Gasteiger partial charge is 0.298 e. The van der Waals surface area contributed by atoms with Crippen LogP contribution in [0.3, 0.4) is 0 Å². The Hall–Kier alpha value is -1.05. The summed E-state index contributed by atoms with van der Waals surface area (Å²) >= 11 is 4.74. The summed E-state index contributed by atoms with van der Waals surface area (Å²) in [5.41, 5.74) is 1.60. The van der Waals surface area contributed by atoms with Gasteiger partial charge in [0.05, 0.1) is 9.79 Å². The van der Waals surface area contributed by atoms with Crippen LogP contribution >= 0.6 is 4.67 Å². The van der Waals surface area contributed by atoms with E-state index in [1.165, 1.54) is 48.5 Å². The molecule has 5 nitrogen and oxygen atoms in total. The molecule has 0 bridgehead atoms. The monoisotopic (exact) mass is 390 g/mol. The van der Waals surface area contributed by atoms with Crippen molar-refractivity contribution >= 4 is 35.4 Å². The fourth-order valence-corrected chi connectivity index (χ4v) is 12.1. The molecular formula is C14H15O5PS3. The molecule has 0 aliphatic carbocycles. The molecule has 0 saturated heterocycles. The van der Waals surface area contributed by atoms with Crippen LogP contribution in [0.1, 0.15) is 11.1 Å². The van der Waals surface area contributed by atoms with Crippen LogP contribution in [0, 0.1) is 13.8 Å². The van der Waals surface area contributed by atoms with Crippen LogP contribution in [0.2, 0.25) is 0 Å². The van der Waals surface area contributed by atoms with E-state index in [4.69, 9.17) is 11.8 Å². The van der Waals surface area contributed by atoms with Gasteiger partial charge in [0, 0.05) is 0 Å². The molecule has 0 spiro atoms. The minimum absolute atomic E-state index is 0.301. The van der Waals surface area contributed by atoms with Gasteiger partial charge in [0.15, 0.2) is 0 Å². The van der Waals surface area contributed by atoms with E-state index in [1.54, 1.807) is 13.8 Å². The molecule has 1 N–H and O–H groups in total. The SMILES string of the molecule is Cc1ccc(S(=O)(=O)P(O)(=S)S(=O)(=O)c2ccc(C)cc2)cc1. The van der Waals surface area contributed by atoms with Crippen LogP contribution in [-0.4, -0.2) is 21.7 Å². The molecule has 0 aliphatic rings. The first-order valence-electron chi connectivity index (χ1n) is 6.47. The highest BCUT2D eigenvalue weighted by atomic mass is 33.3. The van der Waals surface area contributed by atoms with Gasteiger partial charge in [-0.25, -0.2) is 16.8 Å². The van der Waals surface area contributed by atoms with E-state index in [0.29, 0.717) is 0 Å². The second-order valence-electron chi connectivity index (χ2n) is 5.04. The Morgan fingerprint density at radius 3 is 1.26 bits per heavy atom. The minimum Gasteiger partial charge on any atom is -0.343 e. The summed E-state index contributed by atoms with van der Waals surface area (Å²) < 4.78 is 45.5. The predicted molar refractivity (Wildman–Crippen MR) is 93.2 cm³/mol. The number of aryl methyl sites for hydroxylation is 2. The Balaban J connectivity index is 2.62. The third-order valence-corrected chi connectivity index (χ3v) is 18.2. The van der Waals surface area contributed by atoms with Gasteiger partial charge in [-0.05, 0) is 49.9 Å². The van der Waals surface area contributed by atoms with E-state index < -0.39 is 23.6 Å². The topological polar surface area (TPSA) is 88.5 Å². The first-order valence-corrected chi connectivity index (χ1v) is 13.4. The second-order valence-corrected chi connectivity index (χ2v) is 18.5. The van der Waals surface area contributed by atoms with Gasteiger partial charge in [-0.1, -0.05) is 35.4 Å². The molecule has 9 heteroatoms. The van der Waals surface area contributed by atoms with Gasteiger partial charge >= 0.3 is 0 Å². The van der Waals surface area contributed by atoms with E-state index in [0.717, 1.165) is 11.1 Å². The van der Waals surface area contributed by atoms with Gasteiger partial charge in [0.1, 0.15) is 0 Å². The van der Waals surface area contributed by atoms with Crippen molar-refractivity contribution in [3.05, 3.63) is 59.7 Å². The molecule has 2 aromatic rings. The zero-order valence-corrected chi connectivity index (χ0v) is 15.7. The molecule has 23 heavy (non-hydrogen) atoms. The van der Waals surface area contributed by atoms with E-state index in [1.807, 2.05) is 0 Å². The van der Waals surface area contributed by atoms with Crippen molar-refractivity contribution in [3.63, 3.8) is 0 Å². The molecule has 0 fully saturated rings. The van der Waals surface area contributed by atoms with Crippen molar-refractivity contribution in [1.29, 1.82) is 0 Å². The van der Waals surface area contributed by atoms with Crippen LogP contribution in [0.5, 0.6) is 0 Å². The Bertz CT molecular complexity index is 896. The van der Waals surface area contributed by atoms with Gasteiger partial charge in [0.25, 0.3) is 4.67 Å². The zero-order valence-electron chi connectivity index (χ0n) is 12.4. The molecular weight excluding hydrogens is 375 g/mol. The molecule has 0 unspecified atom stereocenters. The Kier molecular flexibility index (Phi) is 4.86. The molecule has 0 amide bonds. The zero-order chi connectivity index (χ0) is 17.5. The van der Waals surface area contributed by atoms with Gasteiger partial charge in [-0.3, -0.25) is 0 Å². The summed E-state index contributed by atoms with van der Waals surface area (Å²) in [4.78, 5) is 9.76. The summed E-state index contributed by atoms with van der Waals surface area (Å²) in [6.45, 7) is 3.52. The van der Waals surface area contributed by atoms with Crippen LogP contribution in [0.15, 0.2) is 58.3 Å². The average molecular weight is 390 g/mol. The Morgan fingerprint density at radius 2 is 1.00 bits per heavy atom. The highest BCUT2D eigenvalue weighted by molar-refractivity contribution is 8.93. The minimum atomic E-state index is -4.79. The summed E-state index contributed by atoms with van der Waals surface area (Å²) in [6, 6.07) is 11.0. The number of benzene rings is 2. The van der Waals surface area contributed by atoms with E-state index in [2.05, 4.69) is 0 Å². The summed E-state index contributed by atoms with van der Waals surface area (Å²) in [6.07, 6.45) is 0. The summed E-state index contributed by atoms with van der Waals surface area (Å²) in [5, 5.41) is 0. The van der Waals surface area contributed by atoms with Crippen LogP contribution in [-0.2, 0) is 30.7 Å². The van der Waals surface area contributed by atoms with Crippen LogP contribution in [0.4, 0.5) is 0 Å². The highest BCUT2D eigenvalue weighted by Crippen LogP contribution is 2.60. The third kappa shape index (κ3) is 3.14. The van der Waals surface area contributed by atoms with E-state index in [9.17, 15) is 21.7 Å². The first kappa shape index (κ1) is 18.3. The van der Waals surface area contributed by atoms with E-state index in [-0.39, 0.29) is 9.79 Å². The van der Waals surface area contributed by atoms with Gasteiger partial charge in [-0.15, -0.1) is 0 Å². The molecule has 124 valence electrons. The maximum atomic E-state index is 12.6. The van der Waals surface area contributed by atoms with Gasteiger partial charge < -0.3 is 4.89 Å². The van der Waals surface area contributed by atoms with Crippen molar-refractivity contribution in [2.45, 2.75) is 23.6 Å². The standard InChI is InChI=1S/C14H15O5PS3/c1-11-3-7-13(8-4-11)22(16,17)20(15,21)23(18,19)14-9-5-12(2)6-10-14/h3-10H,1-2H3,(H,15,21). The lowest BCUT2D eigenvalue weighted by atomic mass is 10.2. The Labute approximate surface area is 140 Å². The second kappa shape index (κ2) is 6.11. The van der Waals surface area contributed by atoms with Crippen molar-refractivity contribution in [2.75, 3.05) is 0 Å². The molecule has 0 atom stereocenters. The predicted octanol–water partition coefficient (Wildman–Crippen LogP) is 2.77. The third-order valence-electron chi connectivity index (χ3n) is 3.25. The Morgan fingerprint density at radius 1 is 0.739 bits per heavy atom. The van der Waals surface area contributed by atoms with Crippen molar-refractivity contribution in [2.24, 2.45) is 0 Å².